The van der Waals surface area contributed by atoms with Gasteiger partial charge >= 0.3 is 18.4 Å². The van der Waals surface area contributed by atoms with Gasteiger partial charge in [-0.2, -0.15) is 26.3 Å². The van der Waals surface area contributed by atoms with Gasteiger partial charge in [-0.15, -0.1) is 5.54 Å². The van der Waals surface area contributed by atoms with Crippen LogP contribution in [0.25, 0.3) is 0 Å². The molecule has 1 rings (SSSR count). The van der Waals surface area contributed by atoms with Crippen LogP contribution in [0.2, 0.25) is 19.6 Å². The first kappa shape index (κ1) is 23.9. The van der Waals surface area contributed by atoms with E-state index < -0.39 is 54.5 Å². The molecule has 0 fully saturated rings. The monoisotopic (exact) mass is 425 g/mol. The highest BCUT2D eigenvalue weighted by Crippen LogP contribution is 2.45. The van der Waals surface area contributed by atoms with Crippen molar-refractivity contribution in [2.45, 2.75) is 58.4 Å². The van der Waals surface area contributed by atoms with Crippen molar-refractivity contribution in [3.63, 3.8) is 0 Å². The van der Waals surface area contributed by atoms with E-state index in [-0.39, 0.29) is 0 Å². The standard InChI is InChI=1S/C18H21F6NO2Si/c1-16(2,3)27-15(26)25-12-8-7-11(9-10-28(4,5)6)13(17(19,20)21)14(12)18(22,23)24/h7-8H,1-6H3,(H,25,26). The summed E-state index contributed by atoms with van der Waals surface area (Å²) < 4.78 is 86.1. The summed E-state index contributed by atoms with van der Waals surface area (Å²) in [5.41, 5.74) is -4.19. The minimum absolute atomic E-state index is 0.746. The summed E-state index contributed by atoms with van der Waals surface area (Å²) in [5.74, 6) is 2.24. The van der Waals surface area contributed by atoms with Crippen LogP contribution in [0.15, 0.2) is 12.1 Å². The Balaban J connectivity index is 3.68. The Morgan fingerprint density at radius 3 is 1.86 bits per heavy atom. The lowest BCUT2D eigenvalue weighted by atomic mass is 9.98. The van der Waals surface area contributed by atoms with Crippen LogP contribution in [-0.2, 0) is 17.1 Å². The number of anilines is 1. The number of nitrogens with one attached hydrogen (secondary N) is 1. The Morgan fingerprint density at radius 2 is 1.46 bits per heavy atom. The van der Waals surface area contributed by atoms with Gasteiger partial charge < -0.3 is 4.74 Å². The minimum Gasteiger partial charge on any atom is -0.444 e. The number of alkyl halides is 6. The highest BCUT2D eigenvalue weighted by atomic mass is 28.3. The van der Waals surface area contributed by atoms with Gasteiger partial charge in [0.1, 0.15) is 13.7 Å². The molecule has 0 radical (unpaired) electrons. The number of hydrogen-bond acceptors (Lipinski definition) is 2. The quantitative estimate of drug-likeness (QED) is 0.326. The molecule has 0 saturated carbocycles. The van der Waals surface area contributed by atoms with Gasteiger partial charge in [0.2, 0.25) is 0 Å². The second-order valence-electron chi connectivity index (χ2n) is 8.03. The molecule has 0 spiro atoms. The van der Waals surface area contributed by atoms with Crippen molar-refractivity contribution < 1.29 is 35.9 Å². The van der Waals surface area contributed by atoms with Gasteiger partial charge in [-0.1, -0.05) is 25.6 Å². The van der Waals surface area contributed by atoms with E-state index in [0.29, 0.717) is 0 Å². The summed E-state index contributed by atoms with van der Waals surface area (Å²) in [6.07, 6.45) is -12.0. The van der Waals surface area contributed by atoms with Crippen LogP contribution in [0.4, 0.5) is 36.8 Å². The molecule has 0 unspecified atom stereocenters. The fraction of sp³-hybridized carbons (Fsp3) is 0.500. The number of rotatable bonds is 1. The summed E-state index contributed by atoms with van der Waals surface area (Å²) in [7, 11) is -2.15. The molecule has 1 amide bonds. The largest absolute Gasteiger partial charge is 0.444 e. The van der Waals surface area contributed by atoms with Gasteiger partial charge in [0.15, 0.2) is 0 Å². The number of benzene rings is 1. The maximum absolute atomic E-state index is 13.6. The zero-order valence-electron chi connectivity index (χ0n) is 16.2. The first-order chi connectivity index (χ1) is 12.3. The first-order valence-electron chi connectivity index (χ1n) is 8.16. The molecule has 0 aliphatic heterocycles. The van der Waals surface area contributed by atoms with E-state index in [9.17, 15) is 31.1 Å². The lowest BCUT2D eigenvalue weighted by Crippen LogP contribution is -2.29. The molecular weight excluding hydrogens is 404 g/mol. The summed E-state index contributed by atoms with van der Waals surface area (Å²) in [6.45, 7) is 9.64. The maximum atomic E-state index is 13.6. The summed E-state index contributed by atoms with van der Waals surface area (Å²) >= 11 is 0. The lowest BCUT2D eigenvalue weighted by Gasteiger charge is -2.23. The Labute approximate surface area is 160 Å². The first-order valence-corrected chi connectivity index (χ1v) is 11.7. The average molecular weight is 425 g/mol. The van der Waals surface area contributed by atoms with Crippen LogP contribution < -0.4 is 5.32 Å². The Bertz CT molecular complexity index is 805. The molecule has 0 heterocycles. The molecule has 1 aromatic rings. The van der Waals surface area contributed by atoms with Crippen molar-refractivity contribution in [1.82, 2.24) is 0 Å². The van der Waals surface area contributed by atoms with E-state index in [4.69, 9.17) is 4.74 Å². The Hall–Kier alpha value is -2.15. The Morgan fingerprint density at radius 1 is 0.964 bits per heavy atom. The number of ether oxygens (including phenoxy) is 1. The zero-order valence-corrected chi connectivity index (χ0v) is 17.2. The molecule has 28 heavy (non-hydrogen) atoms. The summed E-state index contributed by atoms with van der Waals surface area (Å²) in [4.78, 5) is 11.8. The molecule has 156 valence electrons. The van der Waals surface area contributed by atoms with Gasteiger partial charge in [0.05, 0.1) is 16.8 Å². The third-order valence-corrected chi connectivity index (χ3v) is 3.86. The molecule has 0 aliphatic rings. The van der Waals surface area contributed by atoms with Gasteiger partial charge in [0.25, 0.3) is 0 Å². The van der Waals surface area contributed by atoms with Crippen molar-refractivity contribution in [1.29, 1.82) is 0 Å². The molecule has 0 aromatic heterocycles. The number of carbonyl (C=O) groups excluding carboxylic acids is 1. The van der Waals surface area contributed by atoms with E-state index in [1.54, 1.807) is 25.0 Å². The molecule has 0 aliphatic carbocycles. The van der Waals surface area contributed by atoms with Gasteiger partial charge in [-0.25, -0.2) is 4.79 Å². The van der Waals surface area contributed by atoms with E-state index in [2.05, 4.69) is 11.5 Å². The normalized spacial score (nSPS) is 12.9. The Kier molecular flexibility index (Phi) is 6.57. The number of hydrogen-bond donors (Lipinski definition) is 1. The maximum Gasteiger partial charge on any atom is 0.419 e. The van der Waals surface area contributed by atoms with Crippen LogP contribution in [0.3, 0.4) is 0 Å². The van der Waals surface area contributed by atoms with Crippen LogP contribution in [-0.4, -0.2) is 19.8 Å². The molecule has 1 aromatic carbocycles. The SMILES string of the molecule is CC(C)(C)OC(=O)Nc1ccc(C#C[Si](C)(C)C)c(C(F)(F)F)c1C(F)(F)F. The molecule has 10 heteroatoms. The molecule has 0 bridgehead atoms. The predicted molar refractivity (Wildman–Crippen MR) is 96.5 cm³/mol. The van der Waals surface area contributed by atoms with Crippen molar-refractivity contribution in [2.24, 2.45) is 0 Å². The highest BCUT2D eigenvalue weighted by molar-refractivity contribution is 6.83. The van der Waals surface area contributed by atoms with Crippen LogP contribution in [0.1, 0.15) is 37.5 Å². The average Bonchev–Trinajstić information content (AvgIpc) is 2.39. The van der Waals surface area contributed by atoms with Crippen molar-refractivity contribution in [2.75, 3.05) is 5.32 Å². The van der Waals surface area contributed by atoms with Crippen molar-refractivity contribution in [3.8, 4) is 11.5 Å². The number of carbonyl (C=O) groups is 1. The second kappa shape index (κ2) is 7.70. The number of halogens is 6. The van der Waals surface area contributed by atoms with Crippen LogP contribution in [0.5, 0.6) is 0 Å². The van der Waals surface area contributed by atoms with E-state index >= 15 is 0 Å². The zero-order chi connectivity index (χ0) is 22.1. The van der Waals surface area contributed by atoms with Crippen LogP contribution in [0, 0.1) is 11.5 Å². The van der Waals surface area contributed by atoms with E-state index in [0.717, 1.165) is 12.1 Å². The fourth-order valence-corrected chi connectivity index (χ4v) is 2.58. The molecule has 3 nitrogen and oxygen atoms in total. The van der Waals surface area contributed by atoms with Crippen molar-refractivity contribution >= 4 is 19.9 Å². The molecule has 0 atom stereocenters. The fourth-order valence-electron chi connectivity index (χ4n) is 2.07. The van der Waals surface area contributed by atoms with Crippen molar-refractivity contribution in [3.05, 3.63) is 28.8 Å². The smallest absolute Gasteiger partial charge is 0.419 e. The molecular formula is C18H21F6NO2Si. The summed E-state index contributed by atoms with van der Waals surface area (Å²) in [5, 5.41) is 1.77. The third kappa shape index (κ3) is 7.11. The minimum atomic E-state index is -5.38. The highest BCUT2D eigenvalue weighted by Gasteiger charge is 2.47. The third-order valence-electron chi connectivity index (χ3n) is 2.98. The van der Waals surface area contributed by atoms with E-state index in [1.807, 2.05) is 0 Å². The lowest BCUT2D eigenvalue weighted by molar-refractivity contribution is -0.161. The van der Waals surface area contributed by atoms with Gasteiger partial charge in [0, 0.05) is 5.56 Å². The second-order valence-corrected chi connectivity index (χ2v) is 12.8. The molecule has 0 saturated heterocycles. The summed E-state index contributed by atoms with van der Waals surface area (Å²) in [6, 6.07) is 1.56. The topological polar surface area (TPSA) is 38.3 Å². The van der Waals surface area contributed by atoms with Gasteiger partial charge in [-0.05, 0) is 32.9 Å². The number of amides is 1. The molecule has 1 N–H and O–H groups in total. The van der Waals surface area contributed by atoms with E-state index in [1.165, 1.54) is 20.8 Å². The van der Waals surface area contributed by atoms with Gasteiger partial charge in [-0.3, -0.25) is 5.32 Å². The van der Waals surface area contributed by atoms with Crippen LogP contribution >= 0.6 is 0 Å². The predicted octanol–water partition coefficient (Wildman–Crippen LogP) is 6.30.